The van der Waals surface area contributed by atoms with Gasteiger partial charge in [-0.3, -0.25) is 0 Å². The quantitative estimate of drug-likeness (QED) is 0.166. The van der Waals surface area contributed by atoms with Crippen molar-refractivity contribution in [3.8, 4) is 33.4 Å². The molecule has 0 radical (unpaired) electrons. The van der Waals surface area contributed by atoms with Crippen molar-refractivity contribution in [2.45, 2.75) is 19.3 Å². The topological polar surface area (TPSA) is 16.4 Å². The molecule has 1 heterocycles. The normalized spacial score (nSPS) is 13.1. The maximum absolute atomic E-state index is 6.35. The van der Waals surface area contributed by atoms with Gasteiger partial charge in [0.05, 0.1) is 5.69 Å². The molecule has 0 N–H and O–H groups in total. The van der Waals surface area contributed by atoms with Crippen molar-refractivity contribution in [2.24, 2.45) is 0 Å². The fourth-order valence-corrected chi connectivity index (χ4v) is 9.25. The molecule has 0 aliphatic heterocycles. The van der Waals surface area contributed by atoms with Crippen molar-refractivity contribution < 1.29 is 4.42 Å². The zero-order chi connectivity index (χ0) is 36.7. The Morgan fingerprint density at radius 2 is 1.04 bits per heavy atom. The highest BCUT2D eigenvalue weighted by Crippen LogP contribution is 2.53. The Kier molecular flexibility index (Phi) is 6.93. The molecule has 0 bridgehead atoms. The molecule has 0 spiro atoms. The number of anilines is 3. The van der Waals surface area contributed by atoms with Gasteiger partial charge in [0.15, 0.2) is 0 Å². The molecule has 55 heavy (non-hydrogen) atoms. The largest absolute Gasteiger partial charge is 0.456 e. The molecule has 1 aromatic heterocycles. The van der Waals surface area contributed by atoms with Gasteiger partial charge < -0.3 is 9.32 Å². The Morgan fingerprint density at radius 1 is 0.400 bits per heavy atom. The van der Waals surface area contributed by atoms with E-state index < -0.39 is 0 Å². The summed E-state index contributed by atoms with van der Waals surface area (Å²) in [5.74, 6) is 0. The lowest BCUT2D eigenvalue weighted by Gasteiger charge is -2.31. The van der Waals surface area contributed by atoms with E-state index >= 15 is 0 Å². The third-order valence-electron chi connectivity index (χ3n) is 11.8. The van der Waals surface area contributed by atoms with Crippen LogP contribution in [0.15, 0.2) is 192 Å². The molecule has 11 rings (SSSR count). The summed E-state index contributed by atoms with van der Waals surface area (Å²) in [5, 5.41) is 7.22. The first kappa shape index (κ1) is 31.6. The van der Waals surface area contributed by atoms with E-state index in [1.807, 2.05) is 6.07 Å². The van der Waals surface area contributed by atoms with Crippen LogP contribution in [0.5, 0.6) is 0 Å². The lowest BCUT2D eigenvalue weighted by molar-refractivity contribution is 0.660. The molecule has 0 unspecified atom stereocenters. The maximum atomic E-state index is 6.35. The van der Waals surface area contributed by atoms with Crippen LogP contribution in [0.3, 0.4) is 0 Å². The molecule has 2 heteroatoms. The van der Waals surface area contributed by atoms with Gasteiger partial charge in [-0.15, -0.1) is 0 Å². The summed E-state index contributed by atoms with van der Waals surface area (Å²) in [5.41, 5.74) is 15.0. The number of hydrogen-bond acceptors (Lipinski definition) is 2. The molecule has 0 saturated carbocycles. The SMILES string of the molecule is CC1(C)c2ccccc2-c2ccc(N(c3ccc4oc5ccccc5c4c3)c3cccc(-c4cc5ccccc5c5ccccc45)c3-c3ccccc3)cc21. The van der Waals surface area contributed by atoms with Crippen LogP contribution in [0.2, 0.25) is 0 Å². The van der Waals surface area contributed by atoms with E-state index in [-0.39, 0.29) is 5.41 Å². The highest BCUT2D eigenvalue weighted by atomic mass is 16.3. The highest BCUT2D eigenvalue weighted by molar-refractivity contribution is 6.16. The molecular formula is C53H37NO. The number of benzene rings is 9. The van der Waals surface area contributed by atoms with Crippen molar-refractivity contribution in [3.63, 3.8) is 0 Å². The predicted molar refractivity (Wildman–Crippen MR) is 232 cm³/mol. The van der Waals surface area contributed by atoms with Crippen molar-refractivity contribution in [1.82, 2.24) is 0 Å². The van der Waals surface area contributed by atoms with Crippen LogP contribution in [0.4, 0.5) is 17.1 Å². The fraction of sp³-hybridized carbons (Fsp3) is 0.0566. The molecule has 2 nitrogen and oxygen atoms in total. The molecule has 1 aliphatic carbocycles. The summed E-state index contributed by atoms with van der Waals surface area (Å²) < 4.78 is 6.35. The fourth-order valence-electron chi connectivity index (χ4n) is 9.25. The minimum absolute atomic E-state index is 0.146. The Bertz CT molecular complexity index is 3130. The van der Waals surface area contributed by atoms with Crippen LogP contribution in [0, 0.1) is 0 Å². The number of para-hydroxylation sites is 1. The van der Waals surface area contributed by atoms with E-state index in [2.05, 4.69) is 201 Å². The van der Waals surface area contributed by atoms with Gasteiger partial charge in [-0.25, -0.2) is 0 Å². The Balaban J connectivity index is 1.23. The van der Waals surface area contributed by atoms with Gasteiger partial charge in [0.2, 0.25) is 0 Å². The summed E-state index contributed by atoms with van der Waals surface area (Å²) >= 11 is 0. The average molecular weight is 704 g/mol. The Hall–Kier alpha value is -6.90. The number of hydrogen-bond donors (Lipinski definition) is 0. The van der Waals surface area contributed by atoms with Crippen LogP contribution in [-0.4, -0.2) is 0 Å². The molecule has 1 aliphatic rings. The number of furan rings is 1. The summed E-state index contributed by atoms with van der Waals surface area (Å²) in [4.78, 5) is 2.47. The lowest BCUT2D eigenvalue weighted by atomic mass is 9.82. The van der Waals surface area contributed by atoms with E-state index in [4.69, 9.17) is 4.42 Å². The molecule has 9 aromatic carbocycles. The van der Waals surface area contributed by atoms with Crippen LogP contribution in [-0.2, 0) is 5.41 Å². The number of nitrogens with zero attached hydrogens (tertiary/aromatic N) is 1. The van der Waals surface area contributed by atoms with Crippen LogP contribution < -0.4 is 4.90 Å². The predicted octanol–water partition coefficient (Wildman–Crippen LogP) is 15.0. The highest BCUT2D eigenvalue weighted by Gasteiger charge is 2.36. The van der Waals surface area contributed by atoms with E-state index in [0.29, 0.717) is 0 Å². The minimum atomic E-state index is -0.146. The molecule has 260 valence electrons. The van der Waals surface area contributed by atoms with Gasteiger partial charge in [-0.1, -0.05) is 153 Å². The smallest absolute Gasteiger partial charge is 0.135 e. The van der Waals surface area contributed by atoms with Gasteiger partial charge in [0.25, 0.3) is 0 Å². The Labute approximate surface area is 320 Å². The van der Waals surface area contributed by atoms with Gasteiger partial charge in [0.1, 0.15) is 11.2 Å². The standard InChI is InChI=1S/C53H37NO/c1-53(2)47-24-12-10-21-41(47)42-29-27-37(33-48(42)53)54(36-28-30-51-46(32-36)43-22-11-13-26-50(43)55-51)49-25-14-23-44(52(49)34-15-4-3-5-16-34)45-31-35-17-6-7-18-38(35)39-19-8-9-20-40(39)45/h3-33H,1-2H3. The Morgan fingerprint density at radius 3 is 1.91 bits per heavy atom. The second kappa shape index (κ2) is 12.1. The zero-order valence-electron chi connectivity index (χ0n) is 30.8. The first-order valence-corrected chi connectivity index (χ1v) is 19.1. The zero-order valence-corrected chi connectivity index (χ0v) is 30.8. The average Bonchev–Trinajstić information content (AvgIpc) is 3.72. The van der Waals surface area contributed by atoms with Crippen molar-refractivity contribution in [1.29, 1.82) is 0 Å². The number of rotatable bonds is 5. The van der Waals surface area contributed by atoms with Crippen LogP contribution in [0.1, 0.15) is 25.0 Å². The van der Waals surface area contributed by atoms with Gasteiger partial charge in [-0.05, 0) is 109 Å². The van der Waals surface area contributed by atoms with E-state index in [0.717, 1.165) is 39.0 Å². The summed E-state index contributed by atoms with van der Waals surface area (Å²) in [6.07, 6.45) is 0. The summed E-state index contributed by atoms with van der Waals surface area (Å²) in [7, 11) is 0. The monoisotopic (exact) mass is 703 g/mol. The van der Waals surface area contributed by atoms with Crippen molar-refractivity contribution in [3.05, 3.63) is 199 Å². The van der Waals surface area contributed by atoms with Gasteiger partial charge in [0, 0.05) is 33.1 Å². The molecule has 0 saturated heterocycles. The second-order valence-corrected chi connectivity index (χ2v) is 15.3. The molecule has 0 amide bonds. The van der Waals surface area contributed by atoms with Crippen LogP contribution >= 0.6 is 0 Å². The van der Waals surface area contributed by atoms with E-state index in [9.17, 15) is 0 Å². The third kappa shape index (κ3) is 4.81. The first-order valence-electron chi connectivity index (χ1n) is 19.1. The summed E-state index contributed by atoms with van der Waals surface area (Å²) in [6.45, 7) is 4.71. The maximum Gasteiger partial charge on any atom is 0.135 e. The molecule has 10 aromatic rings. The molecular weight excluding hydrogens is 667 g/mol. The molecule has 0 atom stereocenters. The van der Waals surface area contributed by atoms with E-state index in [1.54, 1.807) is 0 Å². The van der Waals surface area contributed by atoms with Gasteiger partial charge in [-0.2, -0.15) is 0 Å². The lowest BCUT2D eigenvalue weighted by Crippen LogP contribution is -2.17. The van der Waals surface area contributed by atoms with Gasteiger partial charge >= 0.3 is 0 Å². The number of fused-ring (bicyclic) bond motifs is 9. The van der Waals surface area contributed by atoms with E-state index in [1.165, 1.54) is 66.1 Å². The van der Waals surface area contributed by atoms with Crippen LogP contribution in [0.25, 0.3) is 76.9 Å². The first-order chi connectivity index (χ1) is 27.0. The molecule has 0 fully saturated rings. The second-order valence-electron chi connectivity index (χ2n) is 15.3. The minimum Gasteiger partial charge on any atom is -0.456 e. The van der Waals surface area contributed by atoms with Crippen molar-refractivity contribution >= 4 is 60.5 Å². The van der Waals surface area contributed by atoms with Crippen molar-refractivity contribution in [2.75, 3.05) is 4.90 Å². The summed E-state index contributed by atoms with van der Waals surface area (Å²) in [6, 6.07) is 68.6. The third-order valence-corrected chi connectivity index (χ3v) is 11.8.